The Kier molecular flexibility index (Phi) is 3.65. The molecule has 1 aliphatic rings. The predicted molar refractivity (Wildman–Crippen MR) is 68.3 cm³/mol. The number of rotatable bonds is 4. The zero-order valence-electron chi connectivity index (χ0n) is 11.3. The number of hydrogen-bond donors (Lipinski definition) is 2. The van der Waals surface area contributed by atoms with Gasteiger partial charge in [-0.3, -0.25) is 9.59 Å². The number of esters is 1. The minimum atomic E-state index is -1.08. The molecule has 0 aromatic heterocycles. The molecule has 1 aromatic carbocycles. The highest BCUT2D eigenvalue weighted by molar-refractivity contribution is 6.05. The van der Waals surface area contributed by atoms with Crippen molar-refractivity contribution in [3.05, 3.63) is 29.6 Å². The molecule has 0 spiro atoms. The second-order valence-corrected chi connectivity index (χ2v) is 4.98. The third kappa shape index (κ3) is 2.45. The number of phenols is 1. The fourth-order valence-corrected chi connectivity index (χ4v) is 2.05. The first kappa shape index (κ1) is 14.3. The fourth-order valence-electron chi connectivity index (χ4n) is 2.05. The normalized spacial score (nSPS) is 17.1. The molecule has 2 rings (SSSR count). The Morgan fingerprint density at radius 2 is 2.10 bits per heavy atom. The molecule has 108 valence electrons. The van der Waals surface area contributed by atoms with E-state index in [0.717, 1.165) is 6.07 Å². The molecule has 0 radical (unpaired) electrons. The molecule has 0 unspecified atom stereocenters. The van der Waals surface area contributed by atoms with Gasteiger partial charge in [-0.1, -0.05) is 6.07 Å². The van der Waals surface area contributed by atoms with Crippen molar-refractivity contribution in [2.75, 3.05) is 7.11 Å². The topological polar surface area (TPSA) is 75.6 Å². The summed E-state index contributed by atoms with van der Waals surface area (Å²) in [5, 5.41) is 11.8. The Hall–Kier alpha value is -2.11. The van der Waals surface area contributed by atoms with Crippen molar-refractivity contribution in [2.45, 2.75) is 25.8 Å². The minimum Gasteiger partial charge on any atom is -0.505 e. The van der Waals surface area contributed by atoms with Crippen LogP contribution in [0.5, 0.6) is 5.75 Å². The molecule has 1 aromatic rings. The summed E-state index contributed by atoms with van der Waals surface area (Å²) >= 11 is 0. The maximum atomic E-state index is 13.3. The quantitative estimate of drug-likeness (QED) is 0.650. The molecule has 1 fully saturated rings. The smallest absolute Gasteiger partial charge is 0.321 e. The second kappa shape index (κ2) is 5.11. The minimum absolute atomic E-state index is 0.412. The SMILES string of the molecule is COC(=O)C1(C(=O)N[C@H](C)c2ccc(O)c(F)c2)CC1. The molecule has 1 aliphatic carbocycles. The van der Waals surface area contributed by atoms with E-state index in [1.807, 2.05) is 0 Å². The van der Waals surface area contributed by atoms with Crippen LogP contribution in [-0.2, 0) is 14.3 Å². The summed E-state index contributed by atoms with van der Waals surface area (Å²) in [5.41, 5.74) is -0.576. The molecule has 5 nitrogen and oxygen atoms in total. The van der Waals surface area contributed by atoms with Crippen LogP contribution >= 0.6 is 0 Å². The van der Waals surface area contributed by atoms with Crippen LogP contribution in [0.4, 0.5) is 4.39 Å². The van der Waals surface area contributed by atoms with E-state index < -0.39 is 34.9 Å². The molecule has 1 amide bonds. The van der Waals surface area contributed by atoms with Gasteiger partial charge in [-0.05, 0) is 37.5 Å². The standard InChI is InChI=1S/C14H16FNO4/c1-8(9-3-4-11(17)10(15)7-9)16-12(18)14(5-6-14)13(19)20-2/h3-4,7-8,17H,5-6H2,1-2H3,(H,16,18)/t8-/m1/s1. The van der Waals surface area contributed by atoms with Crippen molar-refractivity contribution >= 4 is 11.9 Å². The average molecular weight is 281 g/mol. The van der Waals surface area contributed by atoms with Crippen molar-refractivity contribution in [2.24, 2.45) is 5.41 Å². The van der Waals surface area contributed by atoms with Gasteiger partial charge in [0, 0.05) is 0 Å². The average Bonchev–Trinajstić information content (AvgIpc) is 3.22. The van der Waals surface area contributed by atoms with Crippen LogP contribution in [0.15, 0.2) is 18.2 Å². The number of nitrogens with one attached hydrogen (secondary N) is 1. The Balaban J connectivity index is 2.08. The summed E-state index contributed by atoms with van der Waals surface area (Å²) in [5.74, 6) is -2.15. The number of amides is 1. The van der Waals surface area contributed by atoms with Crippen molar-refractivity contribution in [3.8, 4) is 5.75 Å². The zero-order chi connectivity index (χ0) is 14.9. The van der Waals surface area contributed by atoms with E-state index >= 15 is 0 Å². The first-order chi connectivity index (χ1) is 9.40. The van der Waals surface area contributed by atoms with Crippen LogP contribution in [0.1, 0.15) is 31.4 Å². The van der Waals surface area contributed by atoms with Gasteiger partial charge >= 0.3 is 5.97 Å². The number of methoxy groups -OCH3 is 1. The number of carbonyl (C=O) groups excluding carboxylic acids is 2. The van der Waals surface area contributed by atoms with Gasteiger partial charge in [0.2, 0.25) is 5.91 Å². The lowest BCUT2D eigenvalue weighted by atomic mass is 10.0. The monoisotopic (exact) mass is 281 g/mol. The van der Waals surface area contributed by atoms with Gasteiger partial charge in [-0.15, -0.1) is 0 Å². The van der Waals surface area contributed by atoms with Crippen LogP contribution < -0.4 is 5.32 Å². The van der Waals surface area contributed by atoms with Gasteiger partial charge in [0.05, 0.1) is 13.2 Å². The number of carbonyl (C=O) groups is 2. The predicted octanol–water partition coefficient (Wildman–Crippen LogP) is 1.66. The van der Waals surface area contributed by atoms with Crippen LogP contribution in [-0.4, -0.2) is 24.1 Å². The molecule has 0 heterocycles. The number of phenolic OH excluding ortho intramolecular Hbond substituents is 1. The summed E-state index contributed by atoms with van der Waals surface area (Å²) in [6, 6.07) is 3.42. The molecule has 0 bridgehead atoms. The molecule has 1 saturated carbocycles. The number of ether oxygens (including phenoxy) is 1. The molecular formula is C14H16FNO4. The molecule has 2 N–H and O–H groups in total. The van der Waals surface area contributed by atoms with Crippen LogP contribution in [0.2, 0.25) is 0 Å². The number of halogens is 1. The maximum Gasteiger partial charge on any atom is 0.321 e. The van der Waals surface area contributed by atoms with E-state index in [-0.39, 0.29) is 0 Å². The van der Waals surface area contributed by atoms with E-state index in [9.17, 15) is 14.0 Å². The summed E-state index contributed by atoms with van der Waals surface area (Å²) < 4.78 is 17.9. The van der Waals surface area contributed by atoms with E-state index in [0.29, 0.717) is 18.4 Å². The number of aromatic hydroxyl groups is 1. The third-order valence-electron chi connectivity index (χ3n) is 3.58. The maximum absolute atomic E-state index is 13.3. The Morgan fingerprint density at radius 1 is 1.45 bits per heavy atom. The van der Waals surface area contributed by atoms with Crippen molar-refractivity contribution in [1.82, 2.24) is 5.32 Å². The zero-order valence-corrected chi connectivity index (χ0v) is 11.3. The Labute approximate surface area is 115 Å². The van der Waals surface area contributed by atoms with Crippen molar-refractivity contribution < 1.29 is 23.8 Å². The Morgan fingerprint density at radius 3 is 2.60 bits per heavy atom. The number of benzene rings is 1. The summed E-state index contributed by atoms with van der Waals surface area (Å²) in [6.45, 7) is 1.68. The molecule has 6 heteroatoms. The Bertz CT molecular complexity index is 554. The van der Waals surface area contributed by atoms with Crippen LogP contribution in [0.3, 0.4) is 0 Å². The molecule has 0 aliphatic heterocycles. The molecule has 0 saturated heterocycles. The van der Waals surface area contributed by atoms with Crippen molar-refractivity contribution in [1.29, 1.82) is 0 Å². The summed E-state index contributed by atoms with van der Waals surface area (Å²) in [4.78, 5) is 23.7. The fraction of sp³-hybridized carbons (Fsp3) is 0.429. The molecule has 1 atom stereocenters. The first-order valence-electron chi connectivity index (χ1n) is 6.28. The van der Waals surface area contributed by atoms with Gasteiger partial charge < -0.3 is 15.2 Å². The van der Waals surface area contributed by atoms with Gasteiger partial charge in [-0.25, -0.2) is 4.39 Å². The van der Waals surface area contributed by atoms with E-state index in [4.69, 9.17) is 5.11 Å². The summed E-state index contributed by atoms with van der Waals surface area (Å²) in [7, 11) is 1.24. The highest BCUT2D eigenvalue weighted by Gasteiger charge is 2.57. The second-order valence-electron chi connectivity index (χ2n) is 4.98. The van der Waals surface area contributed by atoms with Gasteiger partial charge in [0.15, 0.2) is 11.6 Å². The van der Waals surface area contributed by atoms with Gasteiger partial charge in [0.25, 0.3) is 0 Å². The largest absolute Gasteiger partial charge is 0.505 e. The van der Waals surface area contributed by atoms with E-state index in [1.165, 1.54) is 19.2 Å². The molecule has 20 heavy (non-hydrogen) atoms. The van der Waals surface area contributed by atoms with Gasteiger partial charge in [-0.2, -0.15) is 0 Å². The lowest BCUT2D eigenvalue weighted by Gasteiger charge is -2.18. The van der Waals surface area contributed by atoms with Crippen LogP contribution in [0, 0.1) is 11.2 Å². The lowest BCUT2D eigenvalue weighted by Crippen LogP contribution is -2.39. The first-order valence-corrected chi connectivity index (χ1v) is 6.28. The lowest BCUT2D eigenvalue weighted by molar-refractivity contribution is -0.152. The van der Waals surface area contributed by atoms with Crippen molar-refractivity contribution in [3.63, 3.8) is 0 Å². The van der Waals surface area contributed by atoms with E-state index in [1.54, 1.807) is 6.92 Å². The highest BCUT2D eigenvalue weighted by Crippen LogP contribution is 2.47. The molecular weight excluding hydrogens is 265 g/mol. The van der Waals surface area contributed by atoms with E-state index in [2.05, 4.69) is 10.1 Å². The number of hydrogen-bond acceptors (Lipinski definition) is 4. The summed E-state index contributed by atoms with van der Waals surface area (Å²) in [6.07, 6.45) is 0.921. The third-order valence-corrected chi connectivity index (χ3v) is 3.58. The van der Waals surface area contributed by atoms with Gasteiger partial charge in [0.1, 0.15) is 5.41 Å². The highest BCUT2D eigenvalue weighted by atomic mass is 19.1. The van der Waals surface area contributed by atoms with Crippen LogP contribution in [0.25, 0.3) is 0 Å².